The molecule has 2 aromatic heterocycles. The summed E-state index contributed by atoms with van der Waals surface area (Å²) in [6.07, 6.45) is 4.43. The molecule has 2 aromatic rings. The normalized spacial score (nSPS) is 21.6. The van der Waals surface area contributed by atoms with Gasteiger partial charge in [-0.3, -0.25) is 4.79 Å². The SMILES string of the molecule is Cc1cc(C(N)=O)cnc1N1CCN(c2cc(N3CCC(F)CC3)cc(N3CCC[C@H]3C)n2)CC1. The highest BCUT2D eigenvalue weighted by Gasteiger charge is 2.27. The van der Waals surface area contributed by atoms with Crippen LogP contribution < -0.4 is 25.3 Å². The topological polar surface area (TPSA) is 81.8 Å². The molecule has 2 N–H and O–H groups in total. The van der Waals surface area contributed by atoms with Gasteiger partial charge in [-0.1, -0.05) is 0 Å². The molecule has 3 aliphatic rings. The Morgan fingerprint density at radius 2 is 1.63 bits per heavy atom. The third kappa shape index (κ3) is 4.99. The number of halogens is 1. The Bertz CT molecular complexity index is 1060. The van der Waals surface area contributed by atoms with Gasteiger partial charge in [0.25, 0.3) is 0 Å². The molecule has 188 valence electrons. The molecule has 0 spiro atoms. The number of hydrogen-bond donors (Lipinski definition) is 1. The Hall–Kier alpha value is -3.10. The molecule has 1 atom stereocenters. The van der Waals surface area contributed by atoms with Crippen molar-refractivity contribution in [2.45, 2.75) is 51.7 Å². The average molecular weight is 482 g/mol. The van der Waals surface area contributed by atoms with Crippen LogP contribution in [-0.4, -0.2) is 73.9 Å². The number of carbonyl (C=O) groups is 1. The quantitative estimate of drug-likeness (QED) is 0.703. The third-order valence-corrected chi connectivity index (χ3v) is 7.66. The standard InChI is InChI=1S/C26H36FN7O/c1-18-14-20(25(28)35)17-29-26(18)33-12-10-32(11-13-33)23-15-22(31-8-5-21(27)6-9-31)16-24(30-23)34-7-3-4-19(34)2/h14-17,19,21H,3-13H2,1-2H3,(H2,28,35)/t19-/m1/s1. The monoisotopic (exact) mass is 481 g/mol. The van der Waals surface area contributed by atoms with Crippen molar-refractivity contribution in [3.63, 3.8) is 0 Å². The van der Waals surface area contributed by atoms with Crippen LogP contribution in [-0.2, 0) is 0 Å². The van der Waals surface area contributed by atoms with Crippen molar-refractivity contribution < 1.29 is 9.18 Å². The number of aryl methyl sites for hydroxylation is 1. The number of carbonyl (C=O) groups excluding carboxylic acids is 1. The first kappa shape index (κ1) is 23.6. The van der Waals surface area contributed by atoms with Crippen LogP contribution in [0.25, 0.3) is 0 Å². The Labute approximate surface area is 206 Å². The molecule has 0 unspecified atom stereocenters. The van der Waals surface area contributed by atoms with Crippen LogP contribution in [0.5, 0.6) is 0 Å². The lowest BCUT2D eigenvalue weighted by atomic mass is 10.1. The van der Waals surface area contributed by atoms with Crippen LogP contribution in [0.1, 0.15) is 48.5 Å². The first-order valence-corrected chi connectivity index (χ1v) is 12.8. The summed E-state index contributed by atoms with van der Waals surface area (Å²) in [7, 11) is 0. The number of hydrogen-bond acceptors (Lipinski definition) is 7. The van der Waals surface area contributed by atoms with Crippen molar-refractivity contribution in [3.8, 4) is 0 Å². The van der Waals surface area contributed by atoms with Crippen LogP contribution in [0.2, 0.25) is 0 Å². The molecule has 1 amide bonds. The van der Waals surface area contributed by atoms with Gasteiger partial charge in [-0.25, -0.2) is 14.4 Å². The van der Waals surface area contributed by atoms with Crippen LogP contribution in [0, 0.1) is 6.92 Å². The smallest absolute Gasteiger partial charge is 0.250 e. The predicted octanol–water partition coefficient (Wildman–Crippen LogP) is 3.14. The van der Waals surface area contributed by atoms with Gasteiger partial charge in [0.1, 0.15) is 23.6 Å². The molecule has 5 heterocycles. The number of primary amides is 1. The van der Waals surface area contributed by atoms with E-state index in [0.717, 1.165) is 74.5 Å². The highest BCUT2D eigenvalue weighted by Crippen LogP contribution is 2.33. The second-order valence-corrected chi connectivity index (χ2v) is 10.1. The molecular weight excluding hydrogens is 445 g/mol. The Kier molecular flexibility index (Phi) is 6.67. The van der Waals surface area contributed by atoms with Crippen LogP contribution in [0.3, 0.4) is 0 Å². The molecule has 3 saturated heterocycles. The lowest BCUT2D eigenvalue weighted by Crippen LogP contribution is -2.47. The molecule has 5 rings (SSSR count). The minimum Gasteiger partial charge on any atom is -0.371 e. The number of anilines is 4. The van der Waals surface area contributed by atoms with Gasteiger partial charge < -0.3 is 25.3 Å². The summed E-state index contributed by atoms with van der Waals surface area (Å²) in [4.78, 5) is 30.4. The van der Waals surface area contributed by atoms with E-state index in [9.17, 15) is 9.18 Å². The number of piperazine rings is 1. The summed E-state index contributed by atoms with van der Waals surface area (Å²) < 4.78 is 13.8. The van der Waals surface area contributed by atoms with E-state index in [1.807, 2.05) is 13.0 Å². The molecule has 0 aliphatic carbocycles. The van der Waals surface area contributed by atoms with Gasteiger partial charge in [-0.2, -0.15) is 0 Å². The fourth-order valence-corrected chi connectivity index (χ4v) is 5.54. The maximum absolute atomic E-state index is 13.8. The zero-order chi connectivity index (χ0) is 24.5. The summed E-state index contributed by atoms with van der Waals surface area (Å²) >= 11 is 0. The fraction of sp³-hybridized carbons (Fsp3) is 0.577. The van der Waals surface area contributed by atoms with Crippen LogP contribution in [0.15, 0.2) is 24.4 Å². The number of piperidine rings is 1. The lowest BCUT2D eigenvalue weighted by Gasteiger charge is -2.38. The van der Waals surface area contributed by atoms with Gasteiger partial charge in [0.05, 0.1) is 5.56 Å². The van der Waals surface area contributed by atoms with Gasteiger partial charge in [0.15, 0.2) is 0 Å². The number of amides is 1. The zero-order valence-electron chi connectivity index (χ0n) is 20.8. The number of nitrogens with two attached hydrogens (primary N) is 1. The number of nitrogens with zero attached hydrogens (tertiary/aromatic N) is 6. The predicted molar refractivity (Wildman–Crippen MR) is 139 cm³/mol. The third-order valence-electron chi connectivity index (χ3n) is 7.66. The first-order chi connectivity index (χ1) is 16.9. The summed E-state index contributed by atoms with van der Waals surface area (Å²) in [5.74, 6) is 2.47. The largest absolute Gasteiger partial charge is 0.371 e. The Balaban J connectivity index is 1.35. The van der Waals surface area contributed by atoms with Crippen molar-refractivity contribution in [1.82, 2.24) is 9.97 Å². The van der Waals surface area contributed by atoms with E-state index in [1.165, 1.54) is 12.8 Å². The molecule has 0 radical (unpaired) electrons. The molecule has 3 fully saturated rings. The highest BCUT2D eigenvalue weighted by molar-refractivity contribution is 5.92. The van der Waals surface area contributed by atoms with E-state index in [1.54, 1.807) is 6.20 Å². The summed E-state index contributed by atoms with van der Waals surface area (Å²) in [6, 6.07) is 6.68. The average Bonchev–Trinajstić information content (AvgIpc) is 3.30. The molecule has 9 heteroatoms. The molecule has 3 aliphatic heterocycles. The number of aromatic nitrogens is 2. The van der Waals surface area contributed by atoms with Gasteiger partial charge in [0, 0.05) is 75.9 Å². The Morgan fingerprint density at radius 3 is 2.26 bits per heavy atom. The van der Waals surface area contributed by atoms with Crippen LogP contribution >= 0.6 is 0 Å². The van der Waals surface area contributed by atoms with Crippen molar-refractivity contribution in [2.24, 2.45) is 5.73 Å². The maximum Gasteiger partial charge on any atom is 0.250 e. The Morgan fingerprint density at radius 1 is 0.943 bits per heavy atom. The summed E-state index contributed by atoms with van der Waals surface area (Å²) in [6.45, 7) is 10.1. The van der Waals surface area contributed by atoms with Gasteiger partial charge >= 0.3 is 0 Å². The van der Waals surface area contributed by atoms with Gasteiger partial charge in [-0.15, -0.1) is 0 Å². The lowest BCUT2D eigenvalue weighted by molar-refractivity contribution is 0.1000. The van der Waals surface area contributed by atoms with E-state index < -0.39 is 12.1 Å². The molecule has 35 heavy (non-hydrogen) atoms. The fourth-order valence-electron chi connectivity index (χ4n) is 5.54. The highest BCUT2D eigenvalue weighted by atomic mass is 19.1. The molecule has 8 nitrogen and oxygen atoms in total. The zero-order valence-corrected chi connectivity index (χ0v) is 20.8. The second kappa shape index (κ2) is 9.87. The van der Waals surface area contributed by atoms with Crippen LogP contribution in [0.4, 0.5) is 27.5 Å². The summed E-state index contributed by atoms with van der Waals surface area (Å²) in [5, 5.41) is 0. The minimum atomic E-state index is -0.687. The maximum atomic E-state index is 13.8. The van der Waals surface area contributed by atoms with Crippen molar-refractivity contribution in [2.75, 3.05) is 65.4 Å². The van der Waals surface area contributed by atoms with Gasteiger partial charge in [-0.05, 0) is 51.2 Å². The second-order valence-electron chi connectivity index (χ2n) is 10.1. The van der Waals surface area contributed by atoms with E-state index >= 15 is 0 Å². The molecular formula is C26H36FN7O. The van der Waals surface area contributed by atoms with E-state index in [2.05, 4.69) is 43.6 Å². The molecule has 0 aromatic carbocycles. The van der Waals surface area contributed by atoms with Crippen molar-refractivity contribution in [1.29, 1.82) is 0 Å². The first-order valence-electron chi connectivity index (χ1n) is 12.8. The minimum absolute atomic E-state index is 0.436. The molecule has 0 bridgehead atoms. The van der Waals surface area contributed by atoms with E-state index in [0.29, 0.717) is 24.4 Å². The van der Waals surface area contributed by atoms with Crippen molar-refractivity contribution in [3.05, 3.63) is 35.5 Å². The number of rotatable bonds is 5. The number of pyridine rings is 2. The van der Waals surface area contributed by atoms with E-state index in [-0.39, 0.29) is 0 Å². The van der Waals surface area contributed by atoms with Gasteiger partial charge in [0.2, 0.25) is 5.91 Å². The molecule has 0 saturated carbocycles. The number of alkyl halides is 1. The summed E-state index contributed by atoms with van der Waals surface area (Å²) in [5.41, 5.74) is 7.94. The van der Waals surface area contributed by atoms with Crippen molar-refractivity contribution >= 4 is 29.0 Å². The van der Waals surface area contributed by atoms with E-state index in [4.69, 9.17) is 10.7 Å².